The molecule has 0 atom stereocenters. The second-order valence-corrected chi connectivity index (χ2v) is 8.67. The monoisotopic (exact) mass is 491 g/mol. The van der Waals surface area contributed by atoms with Crippen LogP contribution < -0.4 is 10.1 Å². The Kier molecular flexibility index (Phi) is 7.73. The van der Waals surface area contributed by atoms with Crippen molar-refractivity contribution in [2.75, 3.05) is 5.32 Å². The smallest absolute Gasteiger partial charge is 0.337 e. The van der Waals surface area contributed by atoms with E-state index in [4.69, 9.17) is 27.9 Å². The Labute approximate surface area is 208 Å². The Balaban J connectivity index is 1.29. The molecule has 0 aliphatic heterocycles. The lowest BCUT2D eigenvalue weighted by atomic mass is 10.0. The molecule has 0 saturated heterocycles. The van der Waals surface area contributed by atoms with Crippen molar-refractivity contribution in [2.24, 2.45) is 0 Å². The molecular formula is C28H23Cl2NO3. The molecule has 0 spiro atoms. The molecule has 34 heavy (non-hydrogen) atoms. The third kappa shape index (κ3) is 6.31. The molecule has 0 amide bonds. The van der Waals surface area contributed by atoms with E-state index >= 15 is 0 Å². The van der Waals surface area contributed by atoms with E-state index in [1.165, 1.54) is 11.1 Å². The first-order valence-electron chi connectivity index (χ1n) is 10.8. The molecule has 0 aliphatic rings. The van der Waals surface area contributed by atoms with Crippen LogP contribution in [-0.2, 0) is 19.4 Å². The van der Waals surface area contributed by atoms with Crippen molar-refractivity contribution in [3.05, 3.63) is 123 Å². The van der Waals surface area contributed by atoms with Gasteiger partial charge in [0.05, 0.1) is 21.3 Å². The van der Waals surface area contributed by atoms with Gasteiger partial charge in [-0.2, -0.15) is 0 Å². The predicted molar refractivity (Wildman–Crippen MR) is 138 cm³/mol. The summed E-state index contributed by atoms with van der Waals surface area (Å²) in [7, 11) is 0. The van der Waals surface area contributed by atoms with Crippen molar-refractivity contribution in [3.63, 3.8) is 0 Å². The van der Waals surface area contributed by atoms with Gasteiger partial charge in [0.1, 0.15) is 12.4 Å². The number of carbonyl (C=O) groups is 1. The van der Waals surface area contributed by atoms with Crippen LogP contribution in [0.2, 0.25) is 10.0 Å². The van der Waals surface area contributed by atoms with Crippen molar-refractivity contribution < 1.29 is 14.6 Å². The summed E-state index contributed by atoms with van der Waals surface area (Å²) in [6, 6.07) is 28.5. The Morgan fingerprint density at radius 2 is 1.38 bits per heavy atom. The third-order valence-electron chi connectivity index (χ3n) is 5.41. The SMILES string of the molecule is O=C(O)c1ccccc1Nc1ccc(CCc2ccc(OCc3ccc(Cl)c(Cl)c3)cc2)cc1. The van der Waals surface area contributed by atoms with Crippen LogP contribution in [-0.4, -0.2) is 11.1 Å². The average molecular weight is 492 g/mol. The Morgan fingerprint density at radius 1 is 0.765 bits per heavy atom. The maximum Gasteiger partial charge on any atom is 0.337 e. The summed E-state index contributed by atoms with van der Waals surface area (Å²) in [5, 5.41) is 13.6. The summed E-state index contributed by atoms with van der Waals surface area (Å²) in [4.78, 5) is 11.4. The lowest BCUT2D eigenvalue weighted by Gasteiger charge is -2.10. The number of aromatic carboxylic acids is 1. The fraction of sp³-hybridized carbons (Fsp3) is 0.107. The first-order valence-corrected chi connectivity index (χ1v) is 11.6. The number of ether oxygens (including phenoxy) is 1. The van der Waals surface area contributed by atoms with E-state index in [-0.39, 0.29) is 5.56 Å². The van der Waals surface area contributed by atoms with Crippen molar-refractivity contribution >= 4 is 40.5 Å². The van der Waals surface area contributed by atoms with Gasteiger partial charge in [0.25, 0.3) is 0 Å². The number of aryl methyl sites for hydroxylation is 2. The van der Waals surface area contributed by atoms with Crippen LogP contribution in [0.3, 0.4) is 0 Å². The molecule has 0 aromatic heterocycles. The highest BCUT2D eigenvalue weighted by molar-refractivity contribution is 6.42. The number of rotatable bonds is 9. The summed E-state index contributed by atoms with van der Waals surface area (Å²) in [6.07, 6.45) is 1.80. The maximum atomic E-state index is 11.4. The minimum atomic E-state index is -0.953. The fourth-order valence-corrected chi connectivity index (χ4v) is 3.85. The van der Waals surface area contributed by atoms with Crippen molar-refractivity contribution in [3.8, 4) is 5.75 Å². The molecule has 0 aliphatic carbocycles. The van der Waals surface area contributed by atoms with Crippen LogP contribution in [0.1, 0.15) is 27.0 Å². The molecule has 4 nitrogen and oxygen atoms in total. The maximum absolute atomic E-state index is 11.4. The van der Waals surface area contributed by atoms with Crippen LogP contribution in [0.5, 0.6) is 5.75 Å². The van der Waals surface area contributed by atoms with Gasteiger partial charge >= 0.3 is 5.97 Å². The first-order chi connectivity index (χ1) is 16.5. The van der Waals surface area contributed by atoms with E-state index in [2.05, 4.69) is 29.6 Å². The molecule has 0 saturated carbocycles. The number of halogens is 2. The minimum Gasteiger partial charge on any atom is -0.489 e. The third-order valence-corrected chi connectivity index (χ3v) is 6.14. The highest BCUT2D eigenvalue weighted by Gasteiger charge is 2.09. The van der Waals surface area contributed by atoms with Crippen molar-refractivity contribution in [1.29, 1.82) is 0 Å². The van der Waals surface area contributed by atoms with E-state index in [9.17, 15) is 9.90 Å². The molecular weight excluding hydrogens is 469 g/mol. The minimum absolute atomic E-state index is 0.246. The Morgan fingerprint density at radius 3 is 2.03 bits per heavy atom. The largest absolute Gasteiger partial charge is 0.489 e. The lowest BCUT2D eigenvalue weighted by Crippen LogP contribution is -2.02. The van der Waals surface area contributed by atoms with Gasteiger partial charge in [-0.15, -0.1) is 0 Å². The number of nitrogens with one attached hydrogen (secondary N) is 1. The highest BCUT2D eigenvalue weighted by Crippen LogP contribution is 2.24. The molecule has 0 bridgehead atoms. The van der Waals surface area contributed by atoms with E-state index in [0.29, 0.717) is 22.3 Å². The first kappa shape index (κ1) is 23.7. The molecule has 6 heteroatoms. The predicted octanol–water partition coefficient (Wildman–Crippen LogP) is 7.80. The molecule has 0 radical (unpaired) electrons. The Bertz CT molecular complexity index is 1270. The molecule has 2 N–H and O–H groups in total. The van der Waals surface area contributed by atoms with Crippen LogP contribution in [0.25, 0.3) is 0 Å². The lowest BCUT2D eigenvalue weighted by molar-refractivity contribution is 0.0698. The molecule has 4 aromatic carbocycles. The number of carboxylic acids is 1. The molecule has 172 valence electrons. The summed E-state index contributed by atoms with van der Waals surface area (Å²) in [5.41, 5.74) is 5.06. The molecule has 0 fully saturated rings. The van der Waals surface area contributed by atoms with Crippen molar-refractivity contribution in [2.45, 2.75) is 19.4 Å². The van der Waals surface area contributed by atoms with E-state index in [0.717, 1.165) is 29.8 Å². The summed E-state index contributed by atoms with van der Waals surface area (Å²) in [6.45, 7) is 0.424. The number of carboxylic acid groups (broad SMARTS) is 1. The number of hydrogen-bond acceptors (Lipinski definition) is 3. The average Bonchev–Trinajstić information content (AvgIpc) is 2.85. The van der Waals surface area contributed by atoms with Gasteiger partial charge in [-0.3, -0.25) is 0 Å². The second kappa shape index (κ2) is 11.1. The quantitative estimate of drug-likeness (QED) is 0.250. The van der Waals surface area contributed by atoms with Gasteiger partial charge < -0.3 is 15.2 Å². The van der Waals surface area contributed by atoms with Gasteiger partial charge in [0, 0.05) is 5.69 Å². The zero-order valence-electron chi connectivity index (χ0n) is 18.3. The van der Waals surface area contributed by atoms with Gasteiger partial charge in [-0.25, -0.2) is 4.79 Å². The zero-order chi connectivity index (χ0) is 23.9. The van der Waals surface area contributed by atoms with Crippen LogP contribution in [0.15, 0.2) is 91.0 Å². The number of para-hydroxylation sites is 1. The fourth-order valence-electron chi connectivity index (χ4n) is 3.53. The van der Waals surface area contributed by atoms with E-state index in [1.54, 1.807) is 24.3 Å². The van der Waals surface area contributed by atoms with E-state index < -0.39 is 5.97 Å². The normalized spacial score (nSPS) is 10.6. The molecule has 0 heterocycles. The highest BCUT2D eigenvalue weighted by atomic mass is 35.5. The summed E-state index contributed by atoms with van der Waals surface area (Å²) in [5.74, 6) is -0.155. The van der Waals surface area contributed by atoms with Gasteiger partial charge in [0.15, 0.2) is 0 Å². The van der Waals surface area contributed by atoms with Crippen LogP contribution in [0, 0.1) is 0 Å². The number of anilines is 2. The summed E-state index contributed by atoms with van der Waals surface area (Å²) >= 11 is 12.0. The van der Waals surface area contributed by atoms with Gasteiger partial charge in [-0.05, 0) is 78.1 Å². The second-order valence-electron chi connectivity index (χ2n) is 7.85. The number of benzene rings is 4. The van der Waals surface area contributed by atoms with Crippen LogP contribution in [0.4, 0.5) is 11.4 Å². The van der Waals surface area contributed by atoms with E-state index in [1.807, 2.05) is 42.5 Å². The zero-order valence-corrected chi connectivity index (χ0v) is 19.8. The topological polar surface area (TPSA) is 58.6 Å². The summed E-state index contributed by atoms with van der Waals surface area (Å²) < 4.78 is 5.84. The van der Waals surface area contributed by atoms with Gasteiger partial charge in [-0.1, -0.05) is 65.7 Å². The van der Waals surface area contributed by atoms with Crippen molar-refractivity contribution in [1.82, 2.24) is 0 Å². The van der Waals surface area contributed by atoms with Gasteiger partial charge in [0.2, 0.25) is 0 Å². The molecule has 4 rings (SSSR count). The van der Waals surface area contributed by atoms with Crippen LogP contribution >= 0.6 is 23.2 Å². The molecule has 4 aromatic rings. The molecule has 0 unspecified atom stereocenters. The standard InChI is InChI=1S/C28H23Cl2NO3/c29-25-16-11-21(17-26(25)30)18-34-23-14-9-20(10-15-23)6-5-19-7-12-22(13-8-19)31-27-4-2-1-3-24(27)28(32)33/h1-4,7-17,31H,5-6,18H2,(H,32,33). The number of hydrogen-bond donors (Lipinski definition) is 2. The Hall–Kier alpha value is -3.47.